The molecule has 0 aliphatic carbocycles. The van der Waals surface area contributed by atoms with Crippen molar-refractivity contribution in [3.8, 4) is 5.75 Å². The van der Waals surface area contributed by atoms with E-state index in [1.807, 2.05) is 0 Å². The van der Waals surface area contributed by atoms with Crippen molar-refractivity contribution in [1.29, 1.82) is 0 Å². The van der Waals surface area contributed by atoms with E-state index in [1.54, 1.807) is 37.3 Å². The van der Waals surface area contributed by atoms with Gasteiger partial charge in [0.05, 0.1) is 10.6 Å². The molecule has 1 N–H and O–H groups in total. The van der Waals surface area contributed by atoms with E-state index in [1.165, 1.54) is 35.6 Å². The first-order valence-corrected chi connectivity index (χ1v) is 8.83. The van der Waals surface area contributed by atoms with Crippen LogP contribution in [0.3, 0.4) is 0 Å². The highest BCUT2D eigenvalue weighted by molar-refractivity contribution is 7.92. The molecule has 0 radical (unpaired) electrons. The van der Waals surface area contributed by atoms with Crippen molar-refractivity contribution in [3.05, 3.63) is 54.6 Å². The van der Waals surface area contributed by atoms with Gasteiger partial charge in [0, 0.05) is 13.1 Å². The summed E-state index contributed by atoms with van der Waals surface area (Å²) in [4.78, 5) is 11.1. The number of aliphatic carboxylic acids is 1. The molecule has 2 aromatic rings. The van der Waals surface area contributed by atoms with E-state index in [0.29, 0.717) is 5.69 Å². The monoisotopic (exact) mass is 349 g/mol. The number of rotatable bonds is 7. The lowest BCUT2D eigenvalue weighted by Crippen LogP contribution is -2.27. The highest BCUT2D eigenvalue weighted by Gasteiger charge is 2.23. The van der Waals surface area contributed by atoms with E-state index in [4.69, 9.17) is 9.84 Å². The van der Waals surface area contributed by atoms with E-state index >= 15 is 0 Å². The number of hydrogen-bond donors (Lipinski definition) is 1. The number of carbonyl (C=O) groups is 1. The maximum Gasteiger partial charge on any atom is 0.344 e. The van der Waals surface area contributed by atoms with Gasteiger partial charge < -0.3 is 9.84 Å². The van der Waals surface area contributed by atoms with Gasteiger partial charge in [-0.15, -0.1) is 0 Å². The van der Waals surface area contributed by atoms with Gasteiger partial charge >= 0.3 is 5.97 Å². The average Bonchev–Trinajstić information content (AvgIpc) is 2.59. The molecule has 24 heavy (non-hydrogen) atoms. The van der Waals surface area contributed by atoms with Crippen LogP contribution in [0.2, 0.25) is 0 Å². The average molecular weight is 349 g/mol. The van der Waals surface area contributed by atoms with Gasteiger partial charge in [-0.3, -0.25) is 4.31 Å². The van der Waals surface area contributed by atoms with Crippen molar-refractivity contribution in [2.24, 2.45) is 0 Å². The molecule has 128 valence electrons. The van der Waals surface area contributed by atoms with Crippen LogP contribution in [0, 0.1) is 0 Å². The molecule has 0 fully saturated rings. The van der Waals surface area contributed by atoms with Crippen LogP contribution >= 0.6 is 0 Å². The predicted octanol–water partition coefficient (Wildman–Crippen LogP) is 2.75. The van der Waals surface area contributed by atoms with Gasteiger partial charge in [-0.2, -0.15) is 0 Å². The van der Waals surface area contributed by atoms with Crippen molar-refractivity contribution in [3.63, 3.8) is 0 Å². The Morgan fingerprint density at radius 1 is 1.17 bits per heavy atom. The SMILES string of the molecule is CCC(Oc1cccc(S(=O)(=O)N(C)c2ccccc2)c1)C(=O)O. The summed E-state index contributed by atoms with van der Waals surface area (Å²) in [5.41, 5.74) is 0.529. The van der Waals surface area contributed by atoms with E-state index in [2.05, 4.69) is 0 Å². The second-order valence-electron chi connectivity index (χ2n) is 5.14. The Hall–Kier alpha value is -2.54. The van der Waals surface area contributed by atoms with Crippen LogP contribution in [0.15, 0.2) is 59.5 Å². The molecule has 0 aromatic heterocycles. The molecule has 0 aliphatic heterocycles. The highest BCUT2D eigenvalue weighted by Crippen LogP contribution is 2.25. The normalized spacial score (nSPS) is 12.4. The Morgan fingerprint density at radius 3 is 2.42 bits per heavy atom. The number of benzene rings is 2. The number of carboxylic acid groups (broad SMARTS) is 1. The van der Waals surface area contributed by atoms with Gasteiger partial charge in [0.15, 0.2) is 6.10 Å². The van der Waals surface area contributed by atoms with Gasteiger partial charge in [-0.05, 0) is 30.7 Å². The van der Waals surface area contributed by atoms with Crippen LogP contribution in [0.4, 0.5) is 5.69 Å². The van der Waals surface area contributed by atoms with Gasteiger partial charge in [0.2, 0.25) is 0 Å². The van der Waals surface area contributed by atoms with E-state index in [9.17, 15) is 13.2 Å². The smallest absolute Gasteiger partial charge is 0.344 e. The molecule has 0 heterocycles. The molecule has 0 amide bonds. The minimum absolute atomic E-state index is 0.0339. The fourth-order valence-corrected chi connectivity index (χ4v) is 3.35. The first kappa shape index (κ1) is 17.8. The molecule has 0 saturated carbocycles. The minimum Gasteiger partial charge on any atom is -0.479 e. The van der Waals surface area contributed by atoms with Gasteiger partial charge in [-0.1, -0.05) is 31.2 Å². The van der Waals surface area contributed by atoms with Crippen LogP contribution in [0.1, 0.15) is 13.3 Å². The summed E-state index contributed by atoms with van der Waals surface area (Å²) in [7, 11) is -2.31. The zero-order valence-corrected chi connectivity index (χ0v) is 14.2. The Kier molecular flexibility index (Phi) is 5.46. The minimum atomic E-state index is -3.77. The zero-order valence-electron chi connectivity index (χ0n) is 13.4. The fraction of sp³-hybridized carbons (Fsp3) is 0.235. The summed E-state index contributed by atoms with van der Waals surface area (Å²) in [5, 5.41) is 9.05. The van der Waals surface area contributed by atoms with Crippen molar-refractivity contribution in [1.82, 2.24) is 0 Å². The number of carboxylic acids is 1. The molecular weight excluding hydrogens is 330 g/mol. The third-order valence-electron chi connectivity index (χ3n) is 3.51. The van der Waals surface area contributed by atoms with Gasteiger partial charge in [-0.25, -0.2) is 13.2 Å². The van der Waals surface area contributed by atoms with Crippen molar-refractivity contribution in [2.45, 2.75) is 24.3 Å². The van der Waals surface area contributed by atoms with E-state index < -0.39 is 22.1 Å². The molecule has 2 aromatic carbocycles. The summed E-state index contributed by atoms with van der Waals surface area (Å²) in [6.45, 7) is 1.68. The van der Waals surface area contributed by atoms with E-state index in [0.717, 1.165) is 0 Å². The summed E-state index contributed by atoms with van der Waals surface area (Å²) in [5.74, 6) is -0.890. The molecular formula is C17H19NO5S. The summed E-state index contributed by atoms with van der Waals surface area (Å²) < 4.78 is 32.0. The Morgan fingerprint density at radius 2 is 1.83 bits per heavy atom. The lowest BCUT2D eigenvalue weighted by atomic mass is 10.2. The quantitative estimate of drug-likeness (QED) is 0.831. The first-order chi connectivity index (χ1) is 11.4. The second kappa shape index (κ2) is 7.35. The van der Waals surface area contributed by atoms with Gasteiger partial charge in [0.1, 0.15) is 5.75 Å². The molecule has 0 saturated heterocycles. The number of para-hydroxylation sites is 1. The zero-order chi connectivity index (χ0) is 17.7. The molecule has 6 nitrogen and oxygen atoms in total. The molecule has 2 rings (SSSR count). The molecule has 0 spiro atoms. The second-order valence-corrected chi connectivity index (χ2v) is 7.11. The molecule has 7 heteroatoms. The first-order valence-electron chi connectivity index (χ1n) is 7.39. The molecule has 1 unspecified atom stereocenters. The predicted molar refractivity (Wildman–Crippen MR) is 90.8 cm³/mol. The summed E-state index contributed by atoms with van der Waals surface area (Å²) >= 11 is 0. The van der Waals surface area contributed by atoms with Crippen LogP contribution in [0.25, 0.3) is 0 Å². The van der Waals surface area contributed by atoms with Crippen molar-refractivity contribution in [2.75, 3.05) is 11.4 Å². The lowest BCUT2D eigenvalue weighted by Gasteiger charge is -2.20. The number of ether oxygens (including phenoxy) is 1. The van der Waals surface area contributed by atoms with Crippen molar-refractivity contribution < 1.29 is 23.1 Å². The molecule has 1 atom stereocenters. The van der Waals surface area contributed by atoms with Crippen LogP contribution < -0.4 is 9.04 Å². The van der Waals surface area contributed by atoms with Crippen LogP contribution in [0.5, 0.6) is 5.75 Å². The standard InChI is InChI=1S/C17H19NO5S/c1-3-16(17(19)20)23-14-10-7-11-15(12-14)24(21,22)18(2)13-8-5-4-6-9-13/h4-12,16H,3H2,1-2H3,(H,19,20). The van der Waals surface area contributed by atoms with Crippen LogP contribution in [-0.4, -0.2) is 32.6 Å². The van der Waals surface area contributed by atoms with Crippen LogP contribution in [-0.2, 0) is 14.8 Å². The maximum absolute atomic E-state index is 12.7. The lowest BCUT2D eigenvalue weighted by molar-refractivity contribution is -0.145. The third kappa shape index (κ3) is 3.86. The summed E-state index contributed by atoms with van der Waals surface area (Å²) in [6.07, 6.45) is -0.745. The van der Waals surface area contributed by atoms with Gasteiger partial charge in [0.25, 0.3) is 10.0 Å². The van der Waals surface area contributed by atoms with E-state index in [-0.39, 0.29) is 17.1 Å². The number of hydrogen-bond acceptors (Lipinski definition) is 4. The number of anilines is 1. The summed E-state index contributed by atoms with van der Waals surface area (Å²) in [6, 6.07) is 14.5. The Labute approximate surface area is 141 Å². The number of nitrogens with zero attached hydrogens (tertiary/aromatic N) is 1. The largest absolute Gasteiger partial charge is 0.479 e. The highest BCUT2D eigenvalue weighted by atomic mass is 32.2. The Bertz CT molecular complexity index is 805. The molecule has 0 bridgehead atoms. The van der Waals surface area contributed by atoms with Crippen molar-refractivity contribution >= 4 is 21.7 Å². The fourth-order valence-electron chi connectivity index (χ4n) is 2.12. The topological polar surface area (TPSA) is 83.9 Å². The maximum atomic E-state index is 12.7. The third-order valence-corrected chi connectivity index (χ3v) is 5.29. The Balaban J connectivity index is 2.31. The number of sulfonamides is 1. The molecule has 0 aliphatic rings.